The Kier molecular flexibility index (Phi) is 3.28. The summed E-state index contributed by atoms with van der Waals surface area (Å²) in [5, 5.41) is 0. The zero-order valence-corrected chi connectivity index (χ0v) is 5.52. The second-order valence-corrected chi connectivity index (χ2v) is 3.27. The minimum atomic E-state index is -3.10. The van der Waals surface area contributed by atoms with Gasteiger partial charge >= 0.3 is 15.4 Å². The van der Waals surface area contributed by atoms with Gasteiger partial charge in [-0.05, 0) is 0 Å². The molecule has 1 atom stereocenters. The van der Waals surface area contributed by atoms with Crippen LogP contribution in [0.5, 0.6) is 0 Å². The lowest BCUT2D eigenvalue weighted by atomic mass is 10.5. The molecule has 8 heavy (non-hydrogen) atoms. The lowest BCUT2D eigenvalue weighted by Gasteiger charge is -2.05. The maximum Gasteiger partial charge on any atom is 0.542 e. The first-order valence-electron chi connectivity index (χ1n) is 1.86. The molecular formula is C2H6BFO3P. The molecule has 0 aromatic carbocycles. The van der Waals surface area contributed by atoms with Gasteiger partial charge in [-0.1, -0.05) is 0 Å². The quantitative estimate of drug-likeness (QED) is 0.431. The summed E-state index contributed by atoms with van der Waals surface area (Å²) in [6, 6.07) is 0. The van der Waals surface area contributed by atoms with Crippen LogP contribution in [0.1, 0.15) is 0 Å². The Morgan fingerprint density at radius 2 is 2.25 bits per heavy atom. The Hall–Kier alpha value is 0.145. The van der Waals surface area contributed by atoms with Crippen LogP contribution >= 0.6 is 7.60 Å². The van der Waals surface area contributed by atoms with E-state index in [0.717, 1.165) is 0 Å². The third-order valence-corrected chi connectivity index (χ3v) is 1.69. The van der Waals surface area contributed by atoms with Gasteiger partial charge in [-0.15, -0.1) is 0 Å². The van der Waals surface area contributed by atoms with Crippen molar-refractivity contribution in [3.8, 4) is 0 Å². The third kappa shape index (κ3) is 3.19. The van der Waals surface area contributed by atoms with E-state index in [0.29, 0.717) is 0 Å². The van der Waals surface area contributed by atoms with Crippen LogP contribution in [0.4, 0.5) is 4.32 Å². The summed E-state index contributed by atoms with van der Waals surface area (Å²) >= 11 is 0. The van der Waals surface area contributed by atoms with E-state index >= 15 is 0 Å². The Morgan fingerprint density at radius 3 is 2.38 bits per heavy atom. The van der Waals surface area contributed by atoms with Gasteiger partial charge in [-0.25, -0.2) is 0 Å². The van der Waals surface area contributed by atoms with Crippen LogP contribution in [0.25, 0.3) is 0 Å². The first-order valence-corrected chi connectivity index (χ1v) is 3.85. The van der Waals surface area contributed by atoms with Crippen LogP contribution in [0.3, 0.4) is 0 Å². The first-order chi connectivity index (χ1) is 3.62. The average molecular weight is 139 g/mol. The number of rotatable bonds is 3. The molecule has 0 heterocycles. The topological polar surface area (TPSA) is 35.5 Å². The van der Waals surface area contributed by atoms with Crippen molar-refractivity contribution in [2.24, 2.45) is 0 Å². The average Bonchev–Trinajstić information content (AvgIpc) is 1.67. The van der Waals surface area contributed by atoms with Crippen molar-refractivity contribution in [1.29, 1.82) is 0 Å². The minimum absolute atomic E-state index is 0.149. The van der Waals surface area contributed by atoms with Crippen LogP contribution in [0.2, 0.25) is 0 Å². The Balaban J connectivity index is 3.55. The Labute approximate surface area is 48.0 Å². The first kappa shape index (κ1) is 8.14. The molecule has 0 saturated heterocycles. The van der Waals surface area contributed by atoms with Crippen LogP contribution in [-0.2, 0) is 13.5 Å². The molecule has 0 saturated carbocycles. The highest BCUT2D eigenvalue weighted by Crippen LogP contribution is 2.41. The fourth-order valence-corrected chi connectivity index (χ4v) is 0.346. The van der Waals surface area contributed by atoms with Gasteiger partial charge in [0.25, 0.3) is 0 Å². The van der Waals surface area contributed by atoms with Gasteiger partial charge in [0.05, 0.1) is 0 Å². The maximum absolute atomic E-state index is 11.1. The molecule has 0 rings (SSSR count). The molecule has 1 radical (unpaired) electrons. The van der Waals surface area contributed by atoms with Crippen molar-refractivity contribution >= 4 is 15.4 Å². The van der Waals surface area contributed by atoms with Gasteiger partial charge in [-0.2, -0.15) is 0 Å². The van der Waals surface area contributed by atoms with Crippen molar-refractivity contribution in [3.05, 3.63) is 0 Å². The summed E-state index contributed by atoms with van der Waals surface area (Å²) in [7, 11) is -2.07. The van der Waals surface area contributed by atoms with Crippen molar-refractivity contribution in [1.82, 2.24) is 0 Å². The van der Waals surface area contributed by atoms with E-state index in [4.69, 9.17) is 0 Å². The molecule has 0 aromatic rings. The predicted octanol–water partition coefficient (Wildman–Crippen LogP) is 0.976. The summed E-state index contributed by atoms with van der Waals surface area (Å²) in [6.07, 6.45) is 0. The summed E-state index contributed by atoms with van der Waals surface area (Å²) < 4.78 is 29.7. The molecule has 3 nitrogen and oxygen atoms in total. The fraction of sp³-hybridized carbons (Fsp3) is 1.00. The van der Waals surface area contributed by atoms with Crippen molar-refractivity contribution < 1.29 is 17.8 Å². The van der Waals surface area contributed by atoms with Gasteiger partial charge in [0, 0.05) is 13.8 Å². The van der Waals surface area contributed by atoms with E-state index < -0.39 is 7.60 Å². The second-order valence-electron chi connectivity index (χ2n) is 1.15. The second kappa shape index (κ2) is 3.23. The molecule has 0 spiro atoms. The van der Waals surface area contributed by atoms with E-state index in [2.05, 4.69) is 8.96 Å². The maximum atomic E-state index is 11.1. The molecule has 0 N–H and O–H groups in total. The monoisotopic (exact) mass is 139 g/mol. The van der Waals surface area contributed by atoms with Crippen molar-refractivity contribution in [2.75, 3.05) is 13.8 Å². The highest BCUT2D eigenvalue weighted by Gasteiger charge is 2.13. The Morgan fingerprint density at radius 1 is 1.75 bits per heavy atom. The third-order valence-electron chi connectivity index (χ3n) is 0.563. The number of hydrogen-bond donors (Lipinski definition) is 0. The highest BCUT2D eigenvalue weighted by molar-refractivity contribution is 7.53. The van der Waals surface area contributed by atoms with E-state index in [-0.39, 0.29) is 7.76 Å². The molecule has 1 unspecified atom stereocenters. The summed E-state index contributed by atoms with van der Waals surface area (Å²) in [4.78, 5) is 0. The predicted molar refractivity (Wildman–Crippen MR) is 28.5 cm³/mol. The molecule has 47 valence electrons. The smallest absolute Gasteiger partial charge is 0.338 e. The molecular weight excluding hydrogens is 133 g/mol. The summed E-state index contributed by atoms with van der Waals surface area (Å²) in [5.74, 6) is 0. The molecule has 0 amide bonds. The molecule has 0 bridgehead atoms. The van der Waals surface area contributed by atoms with E-state index in [1.807, 2.05) is 0 Å². The van der Waals surface area contributed by atoms with Crippen molar-refractivity contribution in [3.63, 3.8) is 0 Å². The highest BCUT2D eigenvalue weighted by atomic mass is 31.2. The molecule has 0 aliphatic heterocycles. The van der Waals surface area contributed by atoms with Crippen molar-refractivity contribution in [2.45, 2.75) is 0 Å². The minimum Gasteiger partial charge on any atom is -0.338 e. The van der Waals surface area contributed by atoms with Crippen LogP contribution in [-0.4, -0.2) is 21.5 Å². The summed E-state index contributed by atoms with van der Waals surface area (Å²) in [6.45, 7) is 1.17. The van der Waals surface area contributed by atoms with E-state index in [1.165, 1.54) is 13.8 Å². The zero-order valence-electron chi connectivity index (χ0n) is 4.63. The van der Waals surface area contributed by atoms with Gasteiger partial charge in [0.2, 0.25) is 0 Å². The lowest BCUT2D eigenvalue weighted by Crippen LogP contribution is -1.90. The van der Waals surface area contributed by atoms with Crippen LogP contribution < -0.4 is 0 Å². The SMILES string of the molecule is COP(C)(=O)O[B]F. The van der Waals surface area contributed by atoms with E-state index in [9.17, 15) is 8.88 Å². The number of halogens is 1. The molecule has 0 aliphatic carbocycles. The van der Waals surface area contributed by atoms with Gasteiger partial charge < -0.3 is 8.96 Å². The standard InChI is InChI=1S/C2H6BFO3P/c1-6-8(2,5)7-3-4/h1-2H3. The normalized spacial score (nSPS) is 17.4. The number of hydrogen-bond acceptors (Lipinski definition) is 3. The molecule has 0 fully saturated rings. The van der Waals surface area contributed by atoms with Crippen LogP contribution in [0, 0.1) is 0 Å². The van der Waals surface area contributed by atoms with Gasteiger partial charge in [0.15, 0.2) is 0 Å². The molecule has 0 aliphatic rings. The fourth-order valence-electron chi connectivity index (χ4n) is 0.115. The lowest BCUT2D eigenvalue weighted by molar-refractivity contribution is 0.327. The molecule has 6 heteroatoms. The van der Waals surface area contributed by atoms with Gasteiger partial charge in [0.1, 0.15) is 0 Å². The Bertz CT molecular complexity index is 107. The van der Waals surface area contributed by atoms with Gasteiger partial charge in [-0.3, -0.25) is 8.88 Å². The summed E-state index contributed by atoms with van der Waals surface area (Å²) in [5.41, 5.74) is 0. The largest absolute Gasteiger partial charge is 0.542 e. The zero-order chi connectivity index (χ0) is 6.62. The van der Waals surface area contributed by atoms with E-state index in [1.54, 1.807) is 0 Å². The molecule has 0 aromatic heterocycles. The van der Waals surface area contributed by atoms with Crippen LogP contribution in [0.15, 0.2) is 0 Å².